The third-order valence-electron chi connectivity index (χ3n) is 4.58. The second-order valence-corrected chi connectivity index (χ2v) is 6.16. The molecule has 1 saturated carbocycles. The number of methoxy groups -OCH3 is 1. The maximum Gasteiger partial charge on any atom is 0.191 e. The minimum Gasteiger partial charge on any atom is -0.381 e. The van der Waals surface area contributed by atoms with Gasteiger partial charge in [-0.2, -0.15) is 0 Å². The van der Waals surface area contributed by atoms with Crippen LogP contribution in [0.2, 0.25) is 0 Å². The van der Waals surface area contributed by atoms with Gasteiger partial charge in [0.05, 0.1) is 12.7 Å². The molecule has 1 aliphatic carbocycles. The zero-order chi connectivity index (χ0) is 13.9. The summed E-state index contributed by atoms with van der Waals surface area (Å²) in [7, 11) is 3.61. The topological polar surface area (TPSA) is 54.9 Å². The van der Waals surface area contributed by atoms with Crippen LogP contribution in [0, 0.1) is 11.3 Å². The Hall–Kier alpha value is -0.0800. The lowest BCUT2D eigenvalue weighted by Gasteiger charge is -2.51. The number of hydrogen-bond acceptors (Lipinski definition) is 3. The van der Waals surface area contributed by atoms with Crippen molar-refractivity contribution in [3.63, 3.8) is 0 Å². The molecule has 1 aliphatic heterocycles. The van der Waals surface area contributed by atoms with Gasteiger partial charge in [0.2, 0.25) is 0 Å². The first kappa shape index (κ1) is 18.0. The molecule has 3 unspecified atom stereocenters. The van der Waals surface area contributed by atoms with Crippen molar-refractivity contribution in [1.82, 2.24) is 10.6 Å². The number of guanidine groups is 1. The lowest BCUT2D eigenvalue weighted by Crippen LogP contribution is -2.63. The van der Waals surface area contributed by atoms with E-state index in [0.717, 1.165) is 38.6 Å². The lowest BCUT2D eigenvalue weighted by atomic mass is 9.64. The van der Waals surface area contributed by atoms with E-state index in [4.69, 9.17) is 9.47 Å². The van der Waals surface area contributed by atoms with Crippen LogP contribution in [-0.4, -0.2) is 52.0 Å². The highest BCUT2D eigenvalue weighted by molar-refractivity contribution is 14.0. The third-order valence-corrected chi connectivity index (χ3v) is 4.58. The highest BCUT2D eigenvalue weighted by atomic mass is 127. The van der Waals surface area contributed by atoms with Crippen LogP contribution in [0.4, 0.5) is 0 Å². The molecule has 118 valence electrons. The van der Waals surface area contributed by atoms with E-state index in [9.17, 15) is 0 Å². The number of halogens is 1. The normalized spacial score (nSPS) is 32.2. The maximum atomic E-state index is 5.47. The number of hydrogen-bond donors (Lipinski definition) is 2. The molecule has 2 aliphatic rings. The Bertz CT molecular complexity index is 330. The molecule has 0 aromatic carbocycles. The fourth-order valence-corrected chi connectivity index (χ4v) is 2.88. The first-order chi connectivity index (χ1) is 9.07. The Kier molecular flexibility index (Phi) is 7.00. The number of ether oxygens (including phenoxy) is 2. The minimum absolute atomic E-state index is 0. The largest absolute Gasteiger partial charge is 0.381 e. The standard InChI is InChI=1S/C14H27N3O2.HI/c1-14(2)11(7-12(14)18-4)17-13(15-3)16-8-10-5-6-19-9-10;/h10-12H,5-9H2,1-4H3,(H2,15,16,17);1H. The van der Waals surface area contributed by atoms with Gasteiger partial charge in [0.1, 0.15) is 0 Å². The summed E-state index contributed by atoms with van der Waals surface area (Å²) in [6, 6.07) is 0.420. The average Bonchev–Trinajstić information content (AvgIpc) is 2.90. The van der Waals surface area contributed by atoms with Crippen molar-refractivity contribution in [2.24, 2.45) is 16.3 Å². The Morgan fingerprint density at radius 1 is 1.45 bits per heavy atom. The molecule has 2 N–H and O–H groups in total. The molecular formula is C14H28IN3O2. The van der Waals surface area contributed by atoms with E-state index in [1.54, 1.807) is 7.11 Å². The Morgan fingerprint density at radius 3 is 2.70 bits per heavy atom. The van der Waals surface area contributed by atoms with Gasteiger partial charge < -0.3 is 20.1 Å². The third kappa shape index (κ3) is 3.98. The summed E-state index contributed by atoms with van der Waals surface area (Å²) in [5.74, 6) is 1.50. The molecule has 2 rings (SSSR count). The lowest BCUT2D eigenvalue weighted by molar-refractivity contribution is -0.0922. The van der Waals surface area contributed by atoms with Crippen LogP contribution in [0.25, 0.3) is 0 Å². The fraction of sp³-hybridized carbons (Fsp3) is 0.929. The number of rotatable bonds is 4. The highest BCUT2D eigenvalue weighted by Crippen LogP contribution is 2.42. The van der Waals surface area contributed by atoms with Crippen molar-refractivity contribution in [1.29, 1.82) is 0 Å². The Morgan fingerprint density at radius 2 is 2.20 bits per heavy atom. The smallest absolute Gasteiger partial charge is 0.191 e. The van der Waals surface area contributed by atoms with Crippen molar-refractivity contribution in [2.45, 2.75) is 38.8 Å². The SMILES string of the molecule is CN=C(NCC1CCOC1)NC1CC(OC)C1(C)C.I. The number of aliphatic imine (C=N–C) groups is 1. The molecule has 1 saturated heterocycles. The first-order valence-corrected chi connectivity index (χ1v) is 7.15. The number of nitrogens with zero attached hydrogens (tertiary/aromatic N) is 1. The summed E-state index contributed by atoms with van der Waals surface area (Å²) >= 11 is 0. The van der Waals surface area contributed by atoms with Gasteiger partial charge in [-0.1, -0.05) is 13.8 Å². The molecule has 0 bridgehead atoms. The van der Waals surface area contributed by atoms with Gasteiger partial charge in [-0.25, -0.2) is 0 Å². The van der Waals surface area contributed by atoms with Crippen molar-refractivity contribution in [3.05, 3.63) is 0 Å². The van der Waals surface area contributed by atoms with E-state index < -0.39 is 0 Å². The predicted octanol–water partition coefficient (Wildman–Crippen LogP) is 1.62. The molecule has 0 aromatic heterocycles. The summed E-state index contributed by atoms with van der Waals surface area (Å²) in [6.45, 7) is 7.16. The maximum absolute atomic E-state index is 5.47. The van der Waals surface area contributed by atoms with E-state index >= 15 is 0 Å². The molecule has 20 heavy (non-hydrogen) atoms. The van der Waals surface area contributed by atoms with Gasteiger partial charge in [-0.3, -0.25) is 4.99 Å². The zero-order valence-electron chi connectivity index (χ0n) is 12.9. The summed E-state index contributed by atoms with van der Waals surface area (Å²) in [6.07, 6.45) is 2.52. The fourth-order valence-electron chi connectivity index (χ4n) is 2.88. The van der Waals surface area contributed by atoms with Gasteiger partial charge >= 0.3 is 0 Å². The molecule has 3 atom stereocenters. The second-order valence-electron chi connectivity index (χ2n) is 6.16. The minimum atomic E-state index is 0. The van der Waals surface area contributed by atoms with E-state index in [0.29, 0.717) is 18.1 Å². The molecule has 0 radical (unpaired) electrons. The summed E-state index contributed by atoms with van der Waals surface area (Å²) in [5, 5.41) is 6.90. The zero-order valence-corrected chi connectivity index (χ0v) is 15.3. The van der Waals surface area contributed by atoms with Crippen LogP contribution in [-0.2, 0) is 9.47 Å². The van der Waals surface area contributed by atoms with E-state index in [2.05, 4.69) is 29.5 Å². The molecule has 0 spiro atoms. The van der Waals surface area contributed by atoms with E-state index in [1.807, 2.05) is 7.05 Å². The molecular weight excluding hydrogens is 369 g/mol. The molecule has 0 aromatic rings. The molecule has 2 fully saturated rings. The van der Waals surface area contributed by atoms with Gasteiger partial charge in [0.15, 0.2) is 5.96 Å². The molecule has 1 heterocycles. The van der Waals surface area contributed by atoms with Gasteiger partial charge in [-0.05, 0) is 12.8 Å². The predicted molar refractivity (Wildman–Crippen MR) is 91.8 cm³/mol. The highest BCUT2D eigenvalue weighted by Gasteiger charge is 2.48. The van der Waals surface area contributed by atoms with Crippen molar-refractivity contribution >= 4 is 29.9 Å². The molecule has 6 heteroatoms. The van der Waals surface area contributed by atoms with Crippen LogP contribution < -0.4 is 10.6 Å². The van der Waals surface area contributed by atoms with E-state index in [1.165, 1.54) is 0 Å². The summed E-state index contributed by atoms with van der Waals surface area (Å²) in [4.78, 5) is 4.30. The van der Waals surface area contributed by atoms with Gasteiger partial charge in [0.25, 0.3) is 0 Å². The average molecular weight is 397 g/mol. The van der Waals surface area contributed by atoms with Crippen molar-refractivity contribution < 1.29 is 9.47 Å². The van der Waals surface area contributed by atoms with Crippen LogP contribution in [0.1, 0.15) is 26.7 Å². The van der Waals surface area contributed by atoms with Crippen LogP contribution in [0.5, 0.6) is 0 Å². The van der Waals surface area contributed by atoms with Crippen LogP contribution in [0.15, 0.2) is 4.99 Å². The van der Waals surface area contributed by atoms with Crippen molar-refractivity contribution in [2.75, 3.05) is 33.9 Å². The van der Waals surface area contributed by atoms with Crippen LogP contribution >= 0.6 is 24.0 Å². The quantitative estimate of drug-likeness (QED) is 0.430. The van der Waals surface area contributed by atoms with Crippen molar-refractivity contribution in [3.8, 4) is 0 Å². The first-order valence-electron chi connectivity index (χ1n) is 7.15. The Balaban J connectivity index is 0.00000200. The molecule has 5 nitrogen and oxygen atoms in total. The van der Waals surface area contributed by atoms with E-state index in [-0.39, 0.29) is 29.4 Å². The monoisotopic (exact) mass is 397 g/mol. The second kappa shape index (κ2) is 7.79. The van der Waals surface area contributed by atoms with Crippen LogP contribution in [0.3, 0.4) is 0 Å². The molecule has 0 amide bonds. The van der Waals surface area contributed by atoms with Gasteiger partial charge in [0, 0.05) is 44.7 Å². The summed E-state index contributed by atoms with van der Waals surface area (Å²) < 4.78 is 10.9. The Labute approximate surface area is 139 Å². The number of nitrogens with one attached hydrogen (secondary N) is 2. The summed E-state index contributed by atoms with van der Waals surface area (Å²) in [5.41, 5.74) is 0.156. The van der Waals surface area contributed by atoms with Gasteiger partial charge in [-0.15, -0.1) is 24.0 Å².